The molecule has 0 aliphatic carbocycles. The highest BCUT2D eigenvalue weighted by Crippen LogP contribution is 2.27. The number of carbonyl (C=O) groups is 1. The van der Waals surface area contributed by atoms with Gasteiger partial charge in [-0.3, -0.25) is 0 Å². The van der Waals surface area contributed by atoms with Gasteiger partial charge in [0.05, 0.1) is 12.8 Å². The van der Waals surface area contributed by atoms with Crippen molar-refractivity contribution in [3.05, 3.63) is 23.8 Å². The maximum absolute atomic E-state index is 11.7. The lowest BCUT2D eigenvalue weighted by Crippen LogP contribution is -2.35. The van der Waals surface area contributed by atoms with Gasteiger partial charge in [0.2, 0.25) is 0 Å². The molecule has 0 aliphatic rings. The molecule has 0 fully saturated rings. The Hall–Kier alpha value is -1.71. The maximum atomic E-state index is 11.7. The molecule has 1 aromatic rings. The van der Waals surface area contributed by atoms with E-state index in [-0.39, 0.29) is 12.1 Å². The van der Waals surface area contributed by atoms with Crippen molar-refractivity contribution in [2.24, 2.45) is 0 Å². The van der Waals surface area contributed by atoms with Crippen LogP contribution < -0.4 is 15.4 Å². The van der Waals surface area contributed by atoms with Crippen LogP contribution in [0.5, 0.6) is 5.75 Å². The molecule has 0 unspecified atom stereocenters. The number of ether oxygens (including phenoxy) is 1. The van der Waals surface area contributed by atoms with Crippen molar-refractivity contribution in [3.8, 4) is 5.75 Å². The number of para-hydroxylation sites is 1. The van der Waals surface area contributed by atoms with Gasteiger partial charge in [-0.1, -0.05) is 19.1 Å². The van der Waals surface area contributed by atoms with E-state index in [1.165, 1.54) is 0 Å². The van der Waals surface area contributed by atoms with E-state index >= 15 is 0 Å². The minimum Gasteiger partial charge on any atom is -0.495 e. The zero-order chi connectivity index (χ0) is 12.8. The average molecular weight is 236 g/mol. The molecule has 0 heterocycles. The van der Waals surface area contributed by atoms with Crippen LogP contribution in [0.3, 0.4) is 0 Å². The minimum atomic E-state index is -0.202. The van der Waals surface area contributed by atoms with Crippen LogP contribution in [0.25, 0.3) is 0 Å². The first-order valence-electron chi connectivity index (χ1n) is 5.79. The number of urea groups is 1. The van der Waals surface area contributed by atoms with Crippen molar-refractivity contribution in [3.63, 3.8) is 0 Å². The van der Waals surface area contributed by atoms with E-state index in [9.17, 15) is 4.79 Å². The number of methoxy groups -OCH3 is 1. The number of aryl methyl sites for hydroxylation is 1. The molecule has 0 bridgehead atoms. The lowest BCUT2D eigenvalue weighted by atomic mass is 10.2. The molecule has 1 atom stereocenters. The van der Waals surface area contributed by atoms with Gasteiger partial charge in [-0.25, -0.2) is 4.79 Å². The zero-order valence-corrected chi connectivity index (χ0v) is 10.8. The second-order valence-electron chi connectivity index (χ2n) is 4.06. The summed E-state index contributed by atoms with van der Waals surface area (Å²) in [5, 5.41) is 5.67. The maximum Gasteiger partial charge on any atom is 0.319 e. The fraction of sp³-hybridized carbons (Fsp3) is 0.462. The first-order chi connectivity index (χ1) is 8.08. The third-order valence-corrected chi connectivity index (χ3v) is 2.68. The number of benzene rings is 1. The molecule has 2 amide bonds. The van der Waals surface area contributed by atoms with Gasteiger partial charge in [-0.05, 0) is 31.9 Å². The summed E-state index contributed by atoms with van der Waals surface area (Å²) in [6.45, 7) is 5.93. The van der Waals surface area contributed by atoms with Crippen LogP contribution in [-0.4, -0.2) is 19.2 Å². The Labute approximate surface area is 102 Å². The van der Waals surface area contributed by atoms with E-state index in [4.69, 9.17) is 4.74 Å². The van der Waals surface area contributed by atoms with E-state index in [0.29, 0.717) is 5.75 Å². The van der Waals surface area contributed by atoms with Crippen LogP contribution in [-0.2, 0) is 0 Å². The highest BCUT2D eigenvalue weighted by atomic mass is 16.5. The summed E-state index contributed by atoms with van der Waals surface area (Å²) in [5.74, 6) is 0.671. The van der Waals surface area contributed by atoms with Gasteiger partial charge in [-0.15, -0.1) is 0 Å². The van der Waals surface area contributed by atoms with Crippen LogP contribution >= 0.6 is 0 Å². The number of rotatable bonds is 4. The molecule has 0 saturated heterocycles. The molecule has 17 heavy (non-hydrogen) atoms. The molecule has 4 heteroatoms. The number of hydrogen-bond donors (Lipinski definition) is 2. The Morgan fingerprint density at radius 1 is 1.47 bits per heavy atom. The molecule has 0 aliphatic heterocycles. The molecule has 1 rings (SSSR count). The van der Waals surface area contributed by atoms with Crippen molar-refractivity contribution >= 4 is 11.7 Å². The van der Waals surface area contributed by atoms with Crippen LogP contribution in [0.4, 0.5) is 10.5 Å². The standard InChI is InChI=1S/C13H20N2O2/c1-5-10(3)14-13(16)15-12-9(2)7-6-8-11(12)17-4/h6-8,10H,5H2,1-4H3,(H2,14,15,16)/t10-/m0/s1. The summed E-state index contributed by atoms with van der Waals surface area (Å²) in [5.41, 5.74) is 1.69. The predicted octanol–water partition coefficient (Wildman–Crippen LogP) is 2.92. The van der Waals surface area contributed by atoms with E-state index in [0.717, 1.165) is 17.7 Å². The predicted molar refractivity (Wildman–Crippen MR) is 69.6 cm³/mol. The van der Waals surface area contributed by atoms with Crippen LogP contribution in [0, 0.1) is 6.92 Å². The van der Waals surface area contributed by atoms with Gasteiger partial charge >= 0.3 is 6.03 Å². The lowest BCUT2D eigenvalue weighted by Gasteiger charge is -2.15. The highest BCUT2D eigenvalue weighted by molar-refractivity contribution is 5.92. The number of amides is 2. The van der Waals surface area contributed by atoms with Crippen LogP contribution in [0.2, 0.25) is 0 Å². The van der Waals surface area contributed by atoms with Crippen molar-refractivity contribution in [1.82, 2.24) is 5.32 Å². The third-order valence-electron chi connectivity index (χ3n) is 2.68. The summed E-state index contributed by atoms with van der Waals surface area (Å²) in [7, 11) is 1.59. The summed E-state index contributed by atoms with van der Waals surface area (Å²) in [6.07, 6.45) is 0.901. The number of nitrogens with one attached hydrogen (secondary N) is 2. The number of anilines is 1. The number of carbonyl (C=O) groups excluding carboxylic acids is 1. The summed E-state index contributed by atoms with van der Waals surface area (Å²) < 4.78 is 5.22. The molecule has 0 radical (unpaired) electrons. The lowest BCUT2D eigenvalue weighted by molar-refractivity contribution is 0.249. The topological polar surface area (TPSA) is 50.4 Å². The third kappa shape index (κ3) is 3.66. The molecular weight excluding hydrogens is 216 g/mol. The average Bonchev–Trinajstić information content (AvgIpc) is 2.31. The zero-order valence-electron chi connectivity index (χ0n) is 10.8. The van der Waals surface area contributed by atoms with Crippen molar-refractivity contribution < 1.29 is 9.53 Å². The number of hydrogen-bond acceptors (Lipinski definition) is 2. The Balaban J connectivity index is 2.77. The highest BCUT2D eigenvalue weighted by Gasteiger charge is 2.10. The Morgan fingerprint density at radius 3 is 2.76 bits per heavy atom. The monoisotopic (exact) mass is 236 g/mol. The molecule has 2 N–H and O–H groups in total. The molecule has 0 spiro atoms. The molecule has 94 valence electrons. The van der Waals surface area contributed by atoms with Crippen molar-refractivity contribution in [2.45, 2.75) is 33.2 Å². The van der Waals surface area contributed by atoms with Crippen LogP contribution in [0.15, 0.2) is 18.2 Å². The second-order valence-corrected chi connectivity index (χ2v) is 4.06. The van der Waals surface area contributed by atoms with E-state index < -0.39 is 0 Å². The van der Waals surface area contributed by atoms with E-state index in [1.54, 1.807) is 7.11 Å². The van der Waals surface area contributed by atoms with Gasteiger partial charge in [0, 0.05) is 6.04 Å². The molecular formula is C13H20N2O2. The Kier molecular flexibility index (Phi) is 4.82. The van der Waals surface area contributed by atoms with Crippen molar-refractivity contribution in [1.29, 1.82) is 0 Å². The van der Waals surface area contributed by atoms with Crippen LogP contribution in [0.1, 0.15) is 25.8 Å². The smallest absolute Gasteiger partial charge is 0.319 e. The first-order valence-corrected chi connectivity index (χ1v) is 5.79. The van der Waals surface area contributed by atoms with Crippen molar-refractivity contribution in [2.75, 3.05) is 12.4 Å². The first kappa shape index (κ1) is 13.4. The minimum absolute atomic E-state index is 0.157. The molecule has 0 saturated carbocycles. The fourth-order valence-corrected chi connectivity index (χ4v) is 1.45. The van der Waals surface area contributed by atoms with Gasteiger partial charge in [0.25, 0.3) is 0 Å². The van der Waals surface area contributed by atoms with Gasteiger partial charge in [0.1, 0.15) is 5.75 Å². The Bertz CT molecular complexity index is 391. The van der Waals surface area contributed by atoms with E-state index in [2.05, 4.69) is 10.6 Å². The van der Waals surface area contributed by atoms with Gasteiger partial charge < -0.3 is 15.4 Å². The molecule has 4 nitrogen and oxygen atoms in total. The van der Waals surface area contributed by atoms with E-state index in [1.807, 2.05) is 39.0 Å². The fourth-order valence-electron chi connectivity index (χ4n) is 1.45. The second kappa shape index (κ2) is 6.13. The normalized spacial score (nSPS) is 11.8. The quantitative estimate of drug-likeness (QED) is 0.844. The molecule has 1 aromatic carbocycles. The Morgan fingerprint density at radius 2 is 2.18 bits per heavy atom. The molecule has 0 aromatic heterocycles. The van der Waals surface area contributed by atoms with Gasteiger partial charge in [0.15, 0.2) is 0 Å². The van der Waals surface area contributed by atoms with Gasteiger partial charge in [-0.2, -0.15) is 0 Å². The SMILES string of the molecule is CC[C@H](C)NC(=O)Nc1c(C)cccc1OC. The largest absolute Gasteiger partial charge is 0.495 e. The summed E-state index contributed by atoms with van der Waals surface area (Å²) in [4.78, 5) is 11.7. The summed E-state index contributed by atoms with van der Waals surface area (Å²) >= 11 is 0. The summed E-state index contributed by atoms with van der Waals surface area (Å²) in [6, 6.07) is 5.61.